The molecule has 1 aromatic rings. The average Bonchev–Trinajstić information content (AvgIpc) is 2.29. The molecule has 1 heteroatoms. The molecule has 0 saturated heterocycles. The summed E-state index contributed by atoms with van der Waals surface area (Å²) in [4.78, 5) is 0. The fourth-order valence-corrected chi connectivity index (χ4v) is 0.735. The Morgan fingerprint density at radius 2 is 1.36 bits per heavy atom. The van der Waals surface area contributed by atoms with Crippen molar-refractivity contribution in [1.29, 1.82) is 0 Å². The van der Waals surface area contributed by atoms with E-state index < -0.39 is 0 Å². The zero-order chi connectivity index (χ0) is 10.8. The number of rotatable bonds is 0. The number of benzene rings is 1. The van der Waals surface area contributed by atoms with E-state index in [0.29, 0.717) is 0 Å². The minimum absolute atomic E-state index is 0.153. The highest BCUT2D eigenvalue weighted by atomic mass is 16.2. The van der Waals surface area contributed by atoms with Crippen LogP contribution in [0, 0.1) is 37.0 Å². The van der Waals surface area contributed by atoms with E-state index in [1.54, 1.807) is 0 Å². The van der Waals surface area contributed by atoms with Crippen molar-refractivity contribution in [2.24, 2.45) is 0 Å². The molecule has 1 aromatic carbocycles. The van der Waals surface area contributed by atoms with Crippen molar-refractivity contribution >= 4 is 0 Å². The number of hydrogen-bond donors (Lipinski definition) is 1. The predicted molar refractivity (Wildman–Crippen MR) is 58.2 cm³/mol. The van der Waals surface area contributed by atoms with Crippen LogP contribution in [0.25, 0.3) is 0 Å². The van der Waals surface area contributed by atoms with Crippen molar-refractivity contribution in [1.82, 2.24) is 0 Å². The van der Waals surface area contributed by atoms with Crippen molar-refractivity contribution in [2.45, 2.75) is 0 Å². The SMILES string of the molecule is C#CCO.C#Cc1ccccc1C#C. The van der Waals surface area contributed by atoms with E-state index in [0.717, 1.165) is 11.1 Å². The zero-order valence-electron chi connectivity index (χ0n) is 7.70. The Hall–Kier alpha value is -2.14. The van der Waals surface area contributed by atoms with Gasteiger partial charge in [-0.1, -0.05) is 29.9 Å². The second-order valence-electron chi connectivity index (χ2n) is 2.20. The molecule has 0 aromatic heterocycles. The first-order chi connectivity index (χ1) is 6.79. The molecule has 1 nitrogen and oxygen atoms in total. The van der Waals surface area contributed by atoms with Crippen LogP contribution in [-0.4, -0.2) is 11.7 Å². The minimum atomic E-state index is -0.153. The van der Waals surface area contributed by atoms with E-state index in [1.165, 1.54) is 0 Å². The Morgan fingerprint density at radius 3 is 1.57 bits per heavy atom. The van der Waals surface area contributed by atoms with Gasteiger partial charge in [0.15, 0.2) is 0 Å². The summed E-state index contributed by atoms with van der Waals surface area (Å²) in [7, 11) is 0. The van der Waals surface area contributed by atoms with Crippen molar-refractivity contribution in [3.63, 3.8) is 0 Å². The molecule has 14 heavy (non-hydrogen) atoms. The summed E-state index contributed by atoms with van der Waals surface area (Å²) in [5, 5.41) is 7.64. The van der Waals surface area contributed by atoms with Crippen LogP contribution in [0.2, 0.25) is 0 Å². The van der Waals surface area contributed by atoms with Gasteiger partial charge in [-0.3, -0.25) is 0 Å². The maximum absolute atomic E-state index is 7.64. The molecule has 0 saturated carbocycles. The van der Waals surface area contributed by atoms with Crippen molar-refractivity contribution in [3.8, 4) is 37.0 Å². The van der Waals surface area contributed by atoms with E-state index in [2.05, 4.69) is 18.3 Å². The molecule has 1 rings (SSSR count). The Balaban J connectivity index is 0.000000364. The van der Waals surface area contributed by atoms with Gasteiger partial charge in [0.25, 0.3) is 0 Å². The van der Waals surface area contributed by atoms with Crippen LogP contribution in [0.4, 0.5) is 0 Å². The Bertz CT molecular complexity index is 363. The molecule has 0 unspecified atom stereocenters. The first kappa shape index (κ1) is 11.9. The molecule has 0 radical (unpaired) electrons. The molecule has 0 atom stereocenters. The van der Waals surface area contributed by atoms with Crippen LogP contribution >= 0.6 is 0 Å². The van der Waals surface area contributed by atoms with Crippen molar-refractivity contribution < 1.29 is 5.11 Å². The smallest absolute Gasteiger partial charge is 0.103 e. The Morgan fingerprint density at radius 1 is 1.00 bits per heavy atom. The van der Waals surface area contributed by atoms with Crippen LogP contribution in [0.3, 0.4) is 0 Å². The van der Waals surface area contributed by atoms with E-state index in [1.807, 2.05) is 30.2 Å². The zero-order valence-corrected chi connectivity index (χ0v) is 7.70. The lowest BCUT2D eigenvalue weighted by Gasteiger charge is -1.92. The molecule has 0 bridgehead atoms. The summed E-state index contributed by atoms with van der Waals surface area (Å²) < 4.78 is 0. The summed E-state index contributed by atoms with van der Waals surface area (Å²) in [5.74, 6) is 6.99. The second kappa shape index (κ2) is 7.51. The molecule has 1 N–H and O–H groups in total. The van der Waals surface area contributed by atoms with E-state index in [9.17, 15) is 0 Å². The van der Waals surface area contributed by atoms with Gasteiger partial charge < -0.3 is 5.11 Å². The van der Waals surface area contributed by atoms with Gasteiger partial charge in [0, 0.05) is 11.1 Å². The lowest BCUT2D eigenvalue weighted by Crippen LogP contribution is -1.79. The first-order valence-corrected chi connectivity index (χ1v) is 3.86. The number of hydrogen-bond acceptors (Lipinski definition) is 1. The van der Waals surface area contributed by atoms with Gasteiger partial charge in [0.1, 0.15) is 6.61 Å². The van der Waals surface area contributed by atoms with Crippen LogP contribution in [0.15, 0.2) is 24.3 Å². The fourth-order valence-electron chi connectivity index (χ4n) is 0.735. The lowest BCUT2D eigenvalue weighted by atomic mass is 10.1. The summed E-state index contributed by atoms with van der Waals surface area (Å²) in [6.07, 6.45) is 14.9. The van der Waals surface area contributed by atoms with Gasteiger partial charge in [0.2, 0.25) is 0 Å². The third kappa shape index (κ3) is 4.03. The average molecular weight is 182 g/mol. The monoisotopic (exact) mass is 182 g/mol. The Kier molecular flexibility index (Phi) is 6.36. The van der Waals surface area contributed by atoms with Crippen LogP contribution in [-0.2, 0) is 0 Å². The number of aliphatic hydroxyl groups excluding tert-OH is 1. The van der Waals surface area contributed by atoms with Gasteiger partial charge in [-0.15, -0.1) is 19.3 Å². The molecule has 0 amide bonds. The van der Waals surface area contributed by atoms with Crippen LogP contribution < -0.4 is 0 Å². The lowest BCUT2D eigenvalue weighted by molar-refractivity contribution is 0.351. The fraction of sp³-hybridized carbons (Fsp3) is 0.0769. The van der Waals surface area contributed by atoms with Gasteiger partial charge in [-0.2, -0.15) is 0 Å². The third-order valence-corrected chi connectivity index (χ3v) is 1.33. The minimum Gasteiger partial charge on any atom is -0.384 e. The standard InChI is InChI=1S/C10H6.C3H4O/c1-3-9-7-5-6-8-10(9)4-2;1-2-3-4/h1-2,5-8H;1,4H,3H2. The molecule has 0 aliphatic carbocycles. The summed E-state index contributed by atoms with van der Waals surface area (Å²) >= 11 is 0. The van der Waals surface area contributed by atoms with E-state index in [4.69, 9.17) is 18.0 Å². The molecular weight excluding hydrogens is 172 g/mol. The highest BCUT2D eigenvalue weighted by Gasteiger charge is 1.90. The molecule has 0 heterocycles. The Labute approximate surface area is 84.8 Å². The molecule has 0 fully saturated rings. The number of terminal acetylenes is 3. The highest BCUT2D eigenvalue weighted by molar-refractivity contribution is 5.47. The quantitative estimate of drug-likeness (QED) is 0.599. The third-order valence-electron chi connectivity index (χ3n) is 1.33. The van der Waals surface area contributed by atoms with Gasteiger partial charge in [-0.05, 0) is 12.1 Å². The normalized spacial score (nSPS) is 7.00. The second-order valence-corrected chi connectivity index (χ2v) is 2.20. The molecule has 0 aliphatic rings. The summed E-state index contributed by atoms with van der Waals surface area (Å²) in [5.41, 5.74) is 1.56. The summed E-state index contributed by atoms with van der Waals surface area (Å²) in [6, 6.07) is 7.40. The highest BCUT2D eigenvalue weighted by Crippen LogP contribution is 2.03. The van der Waals surface area contributed by atoms with Crippen molar-refractivity contribution in [2.75, 3.05) is 6.61 Å². The maximum atomic E-state index is 7.64. The molecule has 0 spiro atoms. The largest absolute Gasteiger partial charge is 0.384 e. The molecule has 68 valence electrons. The molecule has 0 aliphatic heterocycles. The van der Waals surface area contributed by atoms with E-state index >= 15 is 0 Å². The predicted octanol–water partition coefficient (Wildman–Crippen LogP) is 1.26. The van der Waals surface area contributed by atoms with E-state index in [-0.39, 0.29) is 6.61 Å². The van der Waals surface area contributed by atoms with Gasteiger partial charge in [0.05, 0.1) is 0 Å². The van der Waals surface area contributed by atoms with Crippen molar-refractivity contribution in [3.05, 3.63) is 35.4 Å². The topological polar surface area (TPSA) is 20.2 Å². The van der Waals surface area contributed by atoms with Gasteiger partial charge >= 0.3 is 0 Å². The molecular formula is C13H10O. The summed E-state index contributed by atoms with van der Waals surface area (Å²) in [6.45, 7) is -0.153. The first-order valence-electron chi connectivity index (χ1n) is 3.86. The van der Waals surface area contributed by atoms with Crippen LogP contribution in [0.5, 0.6) is 0 Å². The van der Waals surface area contributed by atoms with Crippen LogP contribution in [0.1, 0.15) is 11.1 Å². The van der Waals surface area contributed by atoms with Gasteiger partial charge in [-0.25, -0.2) is 0 Å². The maximum Gasteiger partial charge on any atom is 0.103 e. The number of aliphatic hydroxyl groups is 1.